The van der Waals surface area contributed by atoms with Gasteiger partial charge in [-0.1, -0.05) is 50.8 Å². The molecule has 0 aromatic carbocycles. The van der Waals surface area contributed by atoms with Gasteiger partial charge in [-0.25, -0.2) is 0 Å². The summed E-state index contributed by atoms with van der Waals surface area (Å²) in [6.07, 6.45) is 11.9. The molecule has 0 rings (SSSR count). The lowest BCUT2D eigenvalue weighted by Crippen LogP contribution is -1.82. The van der Waals surface area contributed by atoms with E-state index in [9.17, 15) is 0 Å². The van der Waals surface area contributed by atoms with Crippen molar-refractivity contribution in [2.24, 2.45) is 4.99 Å². The smallest absolute Gasteiger partial charge is 0.0389 e. The maximum Gasteiger partial charge on any atom is 0.0389 e. The second kappa shape index (κ2) is 9.20. The molecule has 0 radical (unpaired) electrons. The normalized spacial score (nSPS) is 12.5. The van der Waals surface area contributed by atoms with Crippen LogP contribution in [0.25, 0.3) is 0 Å². The average Bonchev–Trinajstić information content (AvgIpc) is 2.24. The first-order valence-electron chi connectivity index (χ1n) is 5.36. The van der Waals surface area contributed by atoms with Crippen molar-refractivity contribution in [1.82, 2.24) is 0 Å². The van der Waals surface area contributed by atoms with Gasteiger partial charge in [0.1, 0.15) is 0 Å². The van der Waals surface area contributed by atoms with Crippen LogP contribution in [-0.2, 0) is 0 Å². The monoisotopic (exact) mass is 203 g/mol. The van der Waals surface area contributed by atoms with Crippen LogP contribution in [0.5, 0.6) is 0 Å². The number of unbranched alkanes of at least 4 members (excludes halogenated alkanes) is 1. The molecule has 0 fully saturated rings. The van der Waals surface area contributed by atoms with Crippen LogP contribution in [-0.4, -0.2) is 12.8 Å². The molecule has 15 heavy (non-hydrogen) atoms. The van der Waals surface area contributed by atoms with Gasteiger partial charge >= 0.3 is 0 Å². The zero-order valence-electron chi connectivity index (χ0n) is 9.87. The Morgan fingerprint density at radius 3 is 2.73 bits per heavy atom. The van der Waals surface area contributed by atoms with E-state index in [-0.39, 0.29) is 0 Å². The van der Waals surface area contributed by atoms with Crippen molar-refractivity contribution < 1.29 is 0 Å². The summed E-state index contributed by atoms with van der Waals surface area (Å²) in [5, 5.41) is 0. The number of nitrogens with zero attached hydrogens (tertiary/aromatic N) is 1. The average molecular weight is 203 g/mol. The Bertz CT molecular complexity index is 280. The van der Waals surface area contributed by atoms with Crippen molar-refractivity contribution in [1.29, 1.82) is 0 Å². The largest absolute Gasteiger partial charge is 0.293 e. The van der Waals surface area contributed by atoms with Crippen LogP contribution in [0.15, 0.2) is 53.6 Å². The Morgan fingerprint density at radius 1 is 1.40 bits per heavy atom. The third-order valence-electron chi connectivity index (χ3n) is 1.87. The number of allylic oxidation sites excluding steroid dienone is 6. The Labute approximate surface area is 93.6 Å². The Morgan fingerprint density at radius 2 is 2.13 bits per heavy atom. The molecular weight excluding hydrogens is 182 g/mol. The summed E-state index contributed by atoms with van der Waals surface area (Å²) in [7, 11) is 0. The SMILES string of the molecule is C=CC(=C)C=CC=C(C)C=NCCCC. The van der Waals surface area contributed by atoms with Crippen LogP contribution >= 0.6 is 0 Å². The first-order valence-corrected chi connectivity index (χ1v) is 5.36. The van der Waals surface area contributed by atoms with Crippen molar-refractivity contribution in [2.45, 2.75) is 26.7 Å². The lowest BCUT2D eigenvalue weighted by Gasteiger charge is -1.91. The van der Waals surface area contributed by atoms with Gasteiger partial charge in [0.25, 0.3) is 0 Å². The van der Waals surface area contributed by atoms with E-state index in [4.69, 9.17) is 0 Å². The first kappa shape index (κ1) is 13.6. The fourth-order valence-corrected chi connectivity index (χ4v) is 0.893. The summed E-state index contributed by atoms with van der Waals surface area (Å²) in [6.45, 7) is 12.5. The summed E-state index contributed by atoms with van der Waals surface area (Å²) in [5.41, 5.74) is 2.07. The Hall–Kier alpha value is -1.37. The number of hydrogen-bond acceptors (Lipinski definition) is 1. The lowest BCUT2D eigenvalue weighted by molar-refractivity contribution is 0.810. The summed E-state index contributed by atoms with van der Waals surface area (Å²) >= 11 is 0. The number of rotatable bonds is 7. The molecule has 0 bridgehead atoms. The fraction of sp³-hybridized carbons (Fsp3) is 0.357. The fourth-order valence-electron chi connectivity index (χ4n) is 0.893. The van der Waals surface area contributed by atoms with Gasteiger partial charge in [0.15, 0.2) is 0 Å². The third-order valence-corrected chi connectivity index (χ3v) is 1.87. The van der Waals surface area contributed by atoms with Gasteiger partial charge < -0.3 is 0 Å². The van der Waals surface area contributed by atoms with Gasteiger partial charge in [0.2, 0.25) is 0 Å². The molecule has 0 atom stereocenters. The van der Waals surface area contributed by atoms with Crippen LogP contribution in [0.3, 0.4) is 0 Å². The van der Waals surface area contributed by atoms with Crippen molar-refractivity contribution in [2.75, 3.05) is 6.54 Å². The first-order chi connectivity index (χ1) is 7.20. The number of hydrogen-bond donors (Lipinski definition) is 0. The van der Waals surface area contributed by atoms with Gasteiger partial charge in [0, 0.05) is 12.8 Å². The molecule has 1 heteroatoms. The Kier molecular flexibility index (Phi) is 8.36. The van der Waals surface area contributed by atoms with Crippen LogP contribution in [0.4, 0.5) is 0 Å². The molecule has 0 spiro atoms. The van der Waals surface area contributed by atoms with Gasteiger partial charge in [0.05, 0.1) is 0 Å². The summed E-state index contributed by atoms with van der Waals surface area (Å²) in [4.78, 5) is 4.31. The van der Waals surface area contributed by atoms with E-state index in [1.165, 1.54) is 6.42 Å². The van der Waals surface area contributed by atoms with Gasteiger partial charge in [-0.2, -0.15) is 0 Å². The molecule has 1 nitrogen and oxygen atoms in total. The minimum Gasteiger partial charge on any atom is -0.293 e. The molecule has 0 unspecified atom stereocenters. The van der Waals surface area contributed by atoms with E-state index in [0.717, 1.165) is 24.1 Å². The minimum absolute atomic E-state index is 0.918. The molecule has 0 amide bonds. The molecule has 0 heterocycles. The zero-order valence-corrected chi connectivity index (χ0v) is 9.87. The Balaban J connectivity index is 3.98. The highest BCUT2D eigenvalue weighted by molar-refractivity contribution is 5.78. The molecule has 0 aliphatic heterocycles. The summed E-state index contributed by atoms with van der Waals surface area (Å²) in [5.74, 6) is 0. The predicted molar refractivity (Wildman–Crippen MR) is 70.5 cm³/mol. The highest BCUT2D eigenvalue weighted by Crippen LogP contribution is 1.96. The van der Waals surface area contributed by atoms with Crippen molar-refractivity contribution in [3.63, 3.8) is 0 Å². The summed E-state index contributed by atoms with van der Waals surface area (Å²) < 4.78 is 0. The highest BCUT2D eigenvalue weighted by atomic mass is 14.7. The van der Waals surface area contributed by atoms with Crippen LogP contribution < -0.4 is 0 Å². The van der Waals surface area contributed by atoms with Gasteiger partial charge in [-0.3, -0.25) is 4.99 Å². The molecule has 82 valence electrons. The molecule has 0 aromatic heterocycles. The maximum atomic E-state index is 4.31. The van der Waals surface area contributed by atoms with Gasteiger partial charge in [-0.05, 0) is 24.5 Å². The van der Waals surface area contributed by atoms with Crippen molar-refractivity contribution in [3.05, 3.63) is 48.6 Å². The molecule has 0 saturated carbocycles. The van der Waals surface area contributed by atoms with Crippen molar-refractivity contribution in [3.8, 4) is 0 Å². The van der Waals surface area contributed by atoms with E-state index in [1.54, 1.807) is 6.08 Å². The molecule has 0 aliphatic rings. The standard InChI is InChI=1S/C14H21N/c1-5-7-11-15-12-14(4)10-8-9-13(3)6-2/h6,8-10,12H,2-3,5,7,11H2,1,4H3. The third kappa shape index (κ3) is 8.95. The molecular formula is C14H21N. The van der Waals surface area contributed by atoms with Crippen LogP contribution in [0, 0.1) is 0 Å². The van der Waals surface area contributed by atoms with E-state index in [2.05, 4.69) is 25.1 Å². The molecule has 0 saturated heterocycles. The van der Waals surface area contributed by atoms with Gasteiger partial charge in [-0.15, -0.1) is 0 Å². The highest BCUT2D eigenvalue weighted by Gasteiger charge is 1.81. The second-order valence-corrected chi connectivity index (χ2v) is 3.44. The van der Waals surface area contributed by atoms with E-state index >= 15 is 0 Å². The van der Waals surface area contributed by atoms with E-state index in [1.807, 2.05) is 31.4 Å². The van der Waals surface area contributed by atoms with Crippen LogP contribution in [0.2, 0.25) is 0 Å². The van der Waals surface area contributed by atoms with E-state index in [0.29, 0.717) is 0 Å². The number of aliphatic imine (C=N–C) groups is 1. The lowest BCUT2D eigenvalue weighted by atomic mass is 10.2. The topological polar surface area (TPSA) is 12.4 Å². The molecule has 0 aromatic rings. The van der Waals surface area contributed by atoms with Crippen LogP contribution in [0.1, 0.15) is 26.7 Å². The molecule has 0 N–H and O–H groups in total. The zero-order chi connectivity index (χ0) is 11.5. The summed E-state index contributed by atoms with van der Waals surface area (Å²) in [6, 6.07) is 0. The predicted octanol–water partition coefficient (Wildman–Crippen LogP) is 4.10. The van der Waals surface area contributed by atoms with Crippen molar-refractivity contribution >= 4 is 6.21 Å². The quantitative estimate of drug-likeness (QED) is 0.335. The maximum absolute atomic E-state index is 4.31. The van der Waals surface area contributed by atoms with E-state index < -0.39 is 0 Å². The second-order valence-electron chi connectivity index (χ2n) is 3.44. The minimum atomic E-state index is 0.918. The molecule has 0 aliphatic carbocycles.